The van der Waals surface area contributed by atoms with E-state index in [4.69, 9.17) is 4.74 Å². The van der Waals surface area contributed by atoms with Gasteiger partial charge in [-0.05, 0) is 6.07 Å². The third-order valence-corrected chi connectivity index (χ3v) is 1.96. The molecule has 0 radical (unpaired) electrons. The normalized spacial score (nSPS) is 10.2. The average Bonchev–Trinajstić information content (AvgIpc) is 2.19. The van der Waals surface area contributed by atoms with Crippen LogP contribution in [0, 0.1) is 0 Å². The summed E-state index contributed by atoms with van der Waals surface area (Å²) in [5.74, 6) is 0.713. The second-order valence-electron chi connectivity index (χ2n) is 2.70. The first-order valence-electron chi connectivity index (χ1n) is 3.93. The van der Waals surface area contributed by atoms with E-state index in [1.54, 1.807) is 13.2 Å². The molecule has 13 heavy (non-hydrogen) atoms. The Morgan fingerprint density at radius 1 is 1.23 bits per heavy atom. The minimum Gasteiger partial charge on any atom is -0.494 e. The number of fused-ring (bicyclic) bond motifs is 1. The predicted octanol–water partition coefficient (Wildman–Crippen LogP) is 1.95. The second kappa shape index (κ2) is 2.94. The Morgan fingerprint density at radius 2 is 1.92 bits per heavy atom. The maximum absolute atomic E-state index is 9.42. The SMILES string of the molecule is COc1cnc(O)c2ccccc12. The molecule has 3 heteroatoms. The van der Waals surface area contributed by atoms with Crippen molar-refractivity contribution >= 4 is 10.8 Å². The predicted molar refractivity (Wildman–Crippen MR) is 50.0 cm³/mol. The Balaban J connectivity index is 2.84. The molecule has 1 N–H and O–H groups in total. The van der Waals surface area contributed by atoms with Gasteiger partial charge in [0.1, 0.15) is 5.75 Å². The molecule has 1 heterocycles. The topological polar surface area (TPSA) is 42.4 Å². The molecule has 0 saturated heterocycles. The van der Waals surface area contributed by atoms with E-state index in [9.17, 15) is 5.11 Å². The van der Waals surface area contributed by atoms with Gasteiger partial charge in [-0.25, -0.2) is 4.98 Å². The van der Waals surface area contributed by atoms with Crippen LogP contribution in [0.5, 0.6) is 11.6 Å². The highest BCUT2D eigenvalue weighted by Gasteiger charge is 2.04. The highest BCUT2D eigenvalue weighted by molar-refractivity contribution is 5.91. The minimum atomic E-state index is 0.0383. The van der Waals surface area contributed by atoms with Crippen molar-refractivity contribution in [2.75, 3.05) is 7.11 Å². The zero-order valence-electron chi connectivity index (χ0n) is 7.19. The van der Waals surface area contributed by atoms with Crippen LogP contribution in [0.1, 0.15) is 0 Å². The largest absolute Gasteiger partial charge is 0.494 e. The molecule has 2 rings (SSSR count). The Morgan fingerprint density at radius 3 is 2.62 bits per heavy atom. The number of hydrogen-bond acceptors (Lipinski definition) is 3. The summed E-state index contributed by atoms with van der Waals surface area (Å²) >= 11 is 0. The number of methoxy groups -OCH3 is 1. The molecule has 0 unspecified atom stereocenters. The molecule has 0 spiro atoms. The van der Waals surface area contributed by atoms with Crippen LogP contribution in [0.2, 0.25) is 0 Å². The van der Waals surface area contributed by atoms with Crippen LogP contribution in [-0.2, 0) is 0 Å². The molecule has 0 aliphatic heterocycles. The third kappa shape index (κ3) is 1.18. The first-order valence-corrected chi connectivity index (χ1v) is 3.93. The van der Waals surface area contributed by atoms with Gasteiger partial charge in [0.05, 0.1) is 13.3 Å². The molecular weight excluding hydrogens is 166 g/mol. The van der Waals surface area contributed by atoms with Gasteiger partial charge in [0.25, 0.3) is 0 Å². The summed E-state index contributed by atoms with van der Waals surface area (Å²) in [5, 5.41) is 11.0. The van der Waals surface area contributed by atoms with E-state index in [0.717, 1.165) is 5.39 Å². The fourth-order valence-electron chi connectivity index (χ4n) is 1.31. The molecule has 0 aliphatic carbocycles. The van der Waals surface area contributed by atoms with Gasteiger partial charge >= 0.3 is 0 Å². The summed E-state index contributed by atoms with van der Waals surface area (Å²) in [6.45, 7) is 0. The van der Waals surface area contributed by atoms with Crippen molar-refractivity contribution in [3.05, 3.63) is 30.5 Å². The zero-order chi connectivity index (χ0) is 9.26. The molecule has 2 aromatic rings. The average molecular weight is 175 g/mol. The summed E-state index contributed by atoms with van der Waals surface area (Å²) in [6.07, 6.45) is 1.51. The number of benzene rings is 1. The number of ether oxygens (including phenoxy) is 1. The standard InChI is InChI=1S/C10H9NO2/c1-13-9-6-11-10(12)8-5-3-2-4-7(8)9/h2-6H,1H3,(H,11,12). The monoisotopic (exact) mass is 175 g/mol. The third-order valence-electron chi connectivity index (χ3n) is 1.96. The molecule has 1 aromatic carbocycles. The lowest BCUT2D eigenvalue weighted by Crippen LogP contribution is -1.86. The van der Waals surface area contributed by atoms with E-state index in [0.29, 0.717) is 11.1 Å². The fourth-order valence-corrected chi connectivity index (χ4v) is 1.31. The van der Waals surface area contributed by atoms with Crippen molar-refractivity contribution in [1.82, 2.24) is 4.98 Å². The molecule has 0 saturated carbocycles. The van der Waals surface area contributed by atoms with Crippen LogP contribution < -0.4 is 4.74 Å². The molecule has 3 nitrogen and oxygen atoms in total. The van der Waals surface area contributed by atoms with Crippen LogP contribution in [0.4, 0.5) is 0 Å². The summed E-state index contributed by atoms with van der Waals surface area (Å²) in [5.41, 5.74) is 0. The van der Waals surface area contributed by atoms with Gasteiger partial charge in [-0.1, -0.05) is 18.2 Å². The van der Waals surface area contributed by atoms with Gasteiger partial charge in [0, 0.05) is 10.8 Å². The maximum atomic E-state index is 9.42. The molecule has 0 aliphatic rings. The first kappa shape index (κ1) is 7.86. The Hall–Kier alpha value is -1.77. The minimum absolute atomic E-state index is 0.0383. The van der Waals surface area contributed by atoms with Crippen LogP contribution in [-0.4, -0.2) is 17.2 Å². The quantitative estimate of drug-likeness (QED) is 0.720. The molecule has 0 atom stereocenters. The molecule has 0 fully saturated rings. The van der Waals surface area contributed by atoms with Gasteiger partial charge in [-0.2, -0.15) is 0 Å². The van der Waals surface area contributed by atoms with Gasteiger partial charge in [0.15, 0.2) is 0 Å². The highest BCUT2D eigenvalue weighted by Crippen LogP contribution is 2.29. The van der Waals surface area contributed by atoms with Crippen LogP contribution in [0.15, 0.2) is 30.5 Å². The van der Waals surface area contributed by atoms with Crippen molar-refractivity contribution in [2.24, 2.45) is 0 Å². The first-order chi connectivity index (χ1) is 6.33. The van der Waals surface area contributed by atoms with Crippen molar-refractivity contribution in [3.63, 3.8) is 0 Å². The van der Waals surface area contributed by atoms with E-state index in [2.05, 4.69) is 4.98 Å². The van der Waals surface area contributed by atoms with Crippen molar-refractivity contribution < 1.29 is 9.84 Å². The lowest BCUT2D eigenvalue weighted by atomic mass is 10.1. The fraction of sp³-hybridized carbons (Fsp3) is 0.100. The number of aromatic nitrogens is 1. The summed E-state index contributed by atoms with van der Waals surface area (Å²) in [4.78, 5) is 3.81. The zero-order valence-corrected chi connectivity index (χ0v) is 7.19. The van der Waals surface area contributed by atoms with E-state index in [1.807, 2.05) is 18.2 Å². The van der Waals surface area contributed by atoms with Crippen LogP contribution >= 0.6 is 0 Å². The Bertz CT molecular complexity index is 440. The lowest BCUT2D eigenvalue weighted by Gasteiger charge is -2.04. The molecular formula is C10H9NO2. The van der Waals surface area contributed by atoms with E-state index >= 15 is 0 Å². The maximum Gasteiger partial charge on any atom is 0.219 e. The number of rotatable bonds is 1. The van der Waals surface area contributed by atoms with Crippen molar-refractivity contribution in [2.45, 2.75) is 0 Å². The number of hydrogen-bond donors (Lipinski definition) is 1. The second-order valence-corrected chi connectivity index (χ2v) is 2.70. The molecule has 1 aromatic heterocycles. The van der Waals surface area contributed by atoms with Crippen LogP contribution in [0.3, 0.4) is 0 Å². The Kier molecular flexibility index (Phi) is 1.77. The van der Waals surface area contributed by atoms with E-state index < -0.39 is 0 Å². The molecule has 66 valence electrons. The van der Waals surface area contributed by atoms with Crippen molar-refractivity contribution in [3.8, 4) is 11.6 Å². The molecule has 0 amide bonds. The summed E-state index contributed by atoms with van der Waals surface area (Å²) in [7, 11) is 1.58. The van der Waals surface area contributed by atoms with Crippen molar-refractivity contribution in [1.29, 1.82) is 0 Å². The van der Waals surface area contributed by atoms with E-state index in [-0.39, 0.29) is 5.88 Å². The number of pyridine rings is 1. The Labute approximate surface area is 75.6 Å². The molecule has 0 bridgehead atoms. The van der Waals surface area contributed by atoms with E-state index in [1.165, 1.54) is 6.20 Å². The smallest absolute Gasteiger partial charge is 0.219 e. The number of nitrogens with zero attached hydrogens (tertiary/aromatic N) is 1. The van der Waals surface area contributed by atoms with Gasteiger partial charge < -0.3 is 9.84 Å². The highest BCUT2D eigenvalue weighted by atomic mass is 16.5. The lowest BCUT2D eigenvalue weighted by molar-refractivity contribution is 0.413. The van der Waals surface area contributed by atoms with Gasteiger partial charge in [0.2, 0.25) is 5.88 Å². The summed E-state index contributed by atoms with van der Waals surface area (Å²) in [6, 6.07) is 7.43. The van der Waals surface area contributed by atoms with Gasteiger partial charge in [-0.3, -0.25) is 0 Å². The number of aromatic hydroxyl groups is 1. The summed E-state index contributed by atoms with van der Waals surface area (Å²) < 4.78 is 5.11. The van der Waals surface area contributed by atoms with Crippen LogP contribution in [0.25, 0.3) is 10.8 Å². The van der Waals surface area contributed by atoms with Gasteiger partial charge in [-0.15, -0.1) is 0 Å².